The third-order valence-electron chi connectivity index (χ3n) is 3.54. The van der Waals surface area contributed by atoms with Gasteiger partial charge in [0.15, 0.2) is 0 Å². The number of nitrogens with one attached hydrogen (secondary N) is 1. The first kappa shape index (κ1) is 12.4. The van der Waals surface area contributed by atoms with Crippen molar-refractivity contribution in [3.05, 3.63) is 29.3 Å². The first-order valence-electron chi connectivity index (χ1n) is 6.73. The van der Waals surface area contributed by atoms with Gasteiger partial charge in [-0.1, -0.05) is 13.0 Å². The van der Waals surface area contributed by atoms with E-state index in [1.807, 2.05) is 0 Å². The van der Waals surface area contributed by atoms with E-state index in [-0.39, 0.29) is 0 Å². The van der Waals surface area contributed by atoms with Crippen LogP contribution in [0, 0.1) is 19.8 Å². The summed E-state index contributed by atoms with van der Waals surface area (Å²) in [5, 5.41) is 3.46. The van der Waals surface area contributed by atoms with Gasteiger partial charge in [-0.05, 0) is 62.5 Å². The molecule has 0 bridgehead atoms. The molecular weight excluding hydrogens is 208 g/mol. The van der Waals surface area contributed by atoms with Crippen LogP contribution in [0.25, 0.3) is 0 Å². The van der Waals surface area contributed by atoms with Gasteiger partial charge in [0.25, 0.3) is 0 Å². The molecule has 0 radical (unpaired) electrons. The van der Waals surface area contributed by atoms with E-state index in [0.717, 1.165) is 19.0 Å². The highest BCUT2D eigenvalue weighted by Crippen LogP contribution is 2.25. The zero-order chi connectivity index (χ0) is 12.3. The standard InChI is InChI=1S/C15H24N2/c1-4-16-10-14-5-6-17(11-14)15-8-12(2)7-13(3)9-15/h7-9,14,16H,4-6,10-11H2,1-3H3. The minimum absolute atomic E-state index is 0.816. The molecule has 2 nitrogen and oxygen atoms in total. The van der Waals surface area contributed by atoms with E-state index in [1.54, 1.807) is 0 Å². The summed E-state index contributed by atoms with van der Waals surface area (Å²) in [6, 6.07) is 6.86. The van der Waals surface area contributed by atoms with Gasteiger partial charge in [0.1, 0.15) is 0 Å². The normalized spacial score (nSPS) is 19.9. The van der Waals surface area contributed by atoms with Crippen LogP contribution in [0.15, 0.2) is 18.2 Å². The third-order valence-corrected chi connectivity index (χ3v) is 3.54. The molecule has 0 aliphatic carbocycles. The number of anilines is 1. The zero-order valence-electron chi connectivity index (χ0n) is 11.3. The molecular formula is C15H24N2. The van der Waals surface area contributed by atoms with Crippen LogP contribution in [-0.2, 0) is 0 Å². The number of hydrogen-bond donors (Lipinski definition) is 1. The summed E-state index contributed by atoms with van der Waals surface area (Å²) in [5.74, 6) is 0.816. The molecule has 1 aliphatic heterocycles. The van der Waals surface area contributed by atoms with Gasteiger partial charge in [0.2, 0.25) is 0 Å². The van der Waals surface area contributed by atoms with Gasteiger partial charge in [-0.3, -0.25) is 0 Å². The lowest BCUT2D eigenvalue weighted by atomic mass is 10.1. The van der Waals surface area contributed by atoms with Crippen LogP contribution in [0.1, 0.15) is 24.5 Å². The monoisotopic (exact) mass is 232 g/mol. The molecule has 2 heteroatoms. The predicted octanol–water partition coefficient (Wildman–Crippen LogP) is 2.74. The topological polar surface area (TPSA) is 15.3 Å². The van der Waals surface area contributed by atoms with E-state index in [9.17, 15) is 0 Å². The number of hydrogen-bond acceptors (Lipinski definition) is 2. The lowest BCUT2D eigenvalue weighted by molar-refractivity contribution is 0.528. The fourth-order valence-electron chi connectivity index (χ4n) is 2.72. The average molecular weight is 232 g/mol. The van der Waals surface area contributed by atoms with E-state index in [2.05, 4.69) is 49.2 Å². The Hall–Kier alpha value is -1.02. The van der Waals surface area contributed by atoms with Gasteiger partial charge in [0, 0.05) is 18.8 Å². The highest BCUT2D eigenvalue weighted by Gasteiger charge is 2.22. The number of rotatable bonds is 4. The second-order valence-corrected chi connectivity index (χ2v) is 5.25. The van der Waals surface area contributed by atoms with Gasteiger partial charge in [-0.2, -0.15) is 0 Å². The molecule has 0 spiro atoms. The summed E-state index contributed by atoms with van der Waals surface area (Å²) in [6.07, 6.45) is 1.32. The van der Waals surface area contributed by atoms with Crippen LogP contribution in [0.4, 0.5) is 5.69 Å². The van der Waals surface area contributed by atoms with Crippen molar-refractivity contribution < 1.29 is 0 Å². The smallest absolute Gasteiger partial charge is 0.0371 e. The summed E-state index contributed by atoms with van der Waals surface area (Å²) in [7, 11) is 0. The Morgan fingerprint density at radius 1 is 1.24 bits per heavy atom. The van der Waals surface area contributed by atoms with Crippen LogP contribution in [0.5, 0.6) is 0 Å². The van der Waals surface area contributed by atoms with E-state index in [0.29, 0.717) is 0 Å². The molecule has 1 unspecified atom stereocenters. The van der Waals surface area contributed by atoms with E-state index in [4.69, 9.17) is 0 Å². The lowest BCUT2D eigenvalue weighted by Gasteiger charge is -2.20. The van der Waals surface area contributed by atoms with E-state index in [1.165, 1.54) is 36.3 Å². The SMILES string of the molecule is CCNCC1CCN(c2cc(C)cc(C)c2)C1. The lowest BCUT2D eigenvalue weighted by Crippen LogP contribution is -2.26. The van der Waals surface area contributed by atoms with E-state index >= 15 is 0 Å². The minimum atomic E-state index is 0.816. The number of nitrogens with zero attached hydrogens (tertiary/aromatic N) is 1. The van der Waals surface area contributed by atoms with Crippen molar-refractivity contribution in [2.24, 2.45) is 5.92 Å². The van der Waals surface area contributed by atoms with Gasteiger partial charge in [-0.25, -0.2) is 0 Å². The first-order chi connectivity index (χ1) is 8.19. The quantitative estimate of drug-likeness (QED) is 0.858. The predicted molar refractivity (Wildman–Crippen MR) is 74.8 cm³/mol. The Morgan fingerprint density at radius 3 is 2.59 bits per heavy atom. The van der Waals surface area contributed by atoms with Crippen molar-refractivity contribution in [2.75, 3.05) is 31.1 Å². The summed E-state index contributed by atoms with van der Waals surface area (Å²) >= 11 is 0. The Labute approximate surface area is 105 Å². The van der Waals surface area contributed by atoms with Crippen molar-refractivity contribution in [1.82, 2.24) is 5.32 Å². The Balaban J connectivity index is 1.99. The van der Waals surface area contributed by atoms with Gasteiger partial charge in [0.05, 0.1) is 0 Å². The van der Waals surface area contributed by atoms with Crippen molar-refractivity contribution in [3.8, 4) is 0 Å². The summed E-state index contributed by atoms with van der Waals surface area (Å²) in [6.45, 7) is 11.2. The summed E-state index contributed by atoms with van der Waals surface area (Å²) in [5.41, 5.74) is 4.15. The molecule has 0 aromatic heterocycles. The molecule has 1 saturated heterocycles. The third kappa shape index (κ3) is 3.22. The second kappa shape index (κ2) is 5.54. The van der Waals surface area contributed by atoms with Crippen LogP contribution >= 0.6 is 0 Å². The summed E-state index contributed by atoms with van der Waals surface area (Å²) in [4.78, 5) is 2.53. The maximum absolute atomic E-state index is 3.46. The zero-order valence-corrected chi connectivity index (χ0v) is 11.3. The Morgan fingerprint density at radius 2 is 1.94 bits per heavy atom. The molecule has 1 aromatic rings. The molecule has 1 aromatic carbocycles. The fourth-order valence-corrected chi connectivity index (χ4v) is 2.72. The number of aryl methyl sites for hydroxylation is 2. The van der Waals surface area contributed by atoms with Crippen LogP contribution < -0.4 is 10.2 Å². The second-order valence-electron chi connectivity index (χ2n) is 5.25. The van der Waals surface area contributed by atoms with Crippen molar-refractivity contribution in [1.29, 1.82) is 0 Å². The Bertz CT molecular complexity index is 353. The molecule has 0 amide bonds. The molecule has 2 rings (SSSR count). The van der Waals surface area contributed by atoms with Gasteiger partial charge < -0.3 is 10.2 Å². The van der Waals surface area contributed by atoms with Crippen LogP contribution in [0.3, 0.4) is 0 Å². The molecule has 1 atom stereocenters. The molecule has 1 aliphatic rings. The molecule has 17 heavy (non-hydrogen) atoms. The van der Waals surface area contributed by atoms with Crippen molar-refractivity contribution >= 4 is 5.69 Å². The maximum Gasteiger partial charge on any atom is 0.0371 e. The molecule has 94 valence electrons. The molecule has 1 fully saturated rings. The highest BCUT2D eigenvalue weighted by molar-refractivity contribution is 5.51. The maximum atomic E-state index is 3.46. The first-order valence-corrected chi connectivity index (χ1v) is 6.73. The average Bonchev–Trinajstić information content (AvgIpc) is 2.73. The Kier molecular flexibility index (Phi) is 4.06. The van der Waals surface area contributed by atoms with Crippen LogP contribution in [-0.4, -0.2) is 26.2 Å². The minimum Gasteiger partial charge on any atom is -0.371 e. The number of benzene rings is 1. The molecule has 1 N–H and O–H groups in total. The summed E-state index contributed by atoms with van der Waals surface area (Å²) < 4.78 is 0. The van der Waals surface area contributed by atoms with Crippen molar-refractivity contribution in [2.45, 2.75) is 27.2 Å². The van der Waals surface area contributed by atoms with Gasteiger partial charge in [-0.15, -0.1) is 0 Å². The van der Waals surface area contributed by atoms with E-state index < -0.39 is 0 Å². The highest BCUT2D eigenvalue weighted by atomic mass is 15.2. The largest absolute Gasteiger partial charge is 0.371 e. The van der Waals surface area contributed by atoms with Gasteiger partial charge >= 0.3 is 0 Å². The van der Waals surface area contributed by atoms with Crippen LogP contribution in [0.2, 0.25) is 0 Å². The molecule has 0 saturated carbocycles. The van der Waals surface area contributed by atoms with Crippen molar-refractivity contribution in [3.63, 3.8) is 0 Å². The molecule has 1 heterocycles. The fraction of sp³-hybridized carbons (Fsp3) is 0.600.